The van der Waals surface area contributed by atoms with Crippen LogP contribution >= 0.6 is 11.8 Å². The molecule has 2 N–H and O–H groups in total. The van der Waals surface area contributed by atoms with Crippen LogP contribution in [-0.2, 0) is 9.59 Å². The van der Waals surface area contributed by atoms with Crippen LogP contribution in [-0.4, -0.2) is 31.8 Å². The third-order valence-corrected chi connectivity index (χ3v) is 4.56. The Balaban J connectivity index is 1.78. The fraction of sp³-hybridized carbons (Fsp3) is 0.200. The van der Waals surface area contributed by atoms with Crippen LogP contribution in [0.4, 0.5) is 0 Å². The smallest absolute Gasteiger partial charge is 0.262 e. The molecule has 0 atom stereocenters. The van der Waals surface area contributed by atoms with Gasteiger partial charge in [0.25, 0.3) is 5.91 Å². The van der Waals surface area contributed by atoms with Gasteiger partial charge in [0, 0.05) is 11.0 Å². The highest BCUT2D eigenvalue weighted by Gasteiger charge is 2.05. The van der Waals surface area contributed by atoms with Gasteiger partial charge in [-0.25, -0.2) is 0 Å². The lowest BCUT2D eigenvalue weighted by Crippen LogP contribution is -2.41. The second-order valence-electron chi connectivity index (χ2n) is 5.59. The molecule has 142 valence electrons. The number of rotatable bonds is 7. The van der Waals surface area contributed by atoms with E-state index in [1.807, 2.05) is 31.2 Å². The molecule has 2 rings (SSSR count). The molecule has 2 aromatic rings. The van der Waals surface area contributed by atoms with Gasteiger partial charge in [0.05, 0.1) is 20.0 Å². The first-order chi connectivity index (χ1) is 13.0. The first-order valence-electron chi connectivity index (χ1n) is 8.20. The van der Waals surface area contributed by atoms with Crippen LogP contribution < -0.4 is 20.3 Å². The van der Waals surface area contributed by atoms with Crippen molar-refractivity contribution in [2.24, 2.45) is 0 Å². The summed E-state index contributed by atoms with van der Waals surface area (Å²) < 4.78 is 10.4. The van der Waals surface area contributed by atoms with Crippen LogP contribution in [0.5, 0.6) is 11.5 Å². The number of nitrogens with one attached hydrogen (secondary N) is 2. The first kappa shape index (κ1) is 20.4. The molecule has 0 aromatic heterocycles. The maximum atomic E-state index is 11.8. The maximum absolute atomic E-state index is 11.8. The molecular formula is C20H22N2O4S. The molecule has 0 saturated heterocycles. The van der Waals surface area contributed by atoms with Gasteiger partial charge in [0.1, 0.15) is 0 Å². The molecule has 0 spiro atoms. The van der Waals surface area contributed by atoms with Gasteiger partial charge >= 0.3 is 0 Å². The van der Waals surface area contributed by atoms with Crippen LogP contribution in [0.1, 0.15) is 11.1 Å². The van der Waals surface area contributed by atoms with Gasteiger partial charge in [-0.15, -0.1) is 11.8 Å². The van der Waals surface area contributed by atoms with E-state index in [1.165, 1.54) is 17.8 Å². The first-order valence-corrected chi connectivity index (χ1v) is 9.19. The summed E-state index contributed by atoms with van der Waals surface area (Å²) in [5.41, 5.74) is 6.67. The number of amides is 2. The van der Waals surface area contributed by atoms with E-state index < -0.39 is 5.91 Å². The van der Waals surface area contributed by atoms with Gasteiger partial charge in [-0.2, -0.15) is 0 Å². The Hall–Kier alpha value is -2.93. The van der Waals surface area contributed by atoms with Crippen LogP contribution in [0.3, 0.4) is 0 Å². The van der Waals surface area contributed by atoms with Crippen LogP contribution in [0.25, 0.3) is 6.08 Å². The summed E-state index contributed by atoms with van der Waals surface area (Å²) in [6.45, 7) is 2.01. The zero-order chi connectivity index (χ0) is 19.6. The van der Waals surface area contributed by atoms with Gasteiger partial charge < -0.3 is 9.47 Å². The van der Waals surface area contributed by atoms with Crippen molar-refractivity contribution in [3.05, 3.63) is 59.7 Å². The van der Waals surface area contributed by atoms with Crippen molar-refractivity contribution >= 4 is 29.7 Å². The summed E-state index contributed by atoms with van der Waals surface area (Å²) in [4.78, 5) is 24.6. The minimum Gasteiger partial charge on any atom is -0.493 e. The molecule has 0 aliphatic heterocycles. The molecule has 27 heavy (non-hydrogen) atoms. The second kappa shape index (κ2) is 10.3. The zero-order valence-electron chi connectivity index (χ0n) is 15.4. The average Bonchev–Trinajstić information content (AvgIpc) is 2.69. The fourth-order valence-corrected chi connectivity index (χ4v) is 2.82. The van der Waals surface area contributed by atoms with E-state index in [4.69, 9.17) is 9.47 Å². The molecule has 0 heterocycles. The highest BCUT2D eigenvalue weighted by atomic mass is 32.2. The van der Waals surface area contributed by atoms with Crippen LogP contribution in [0.15, 0.2) is 53.4 Å². The van der Waals surface area contributed by atoms with E-state index in [0.717, 1.165) is 16.0 Å². The largest absolute Gasteiger partial charge is 0.493 e. The van der Waals surface area contributed by atoms with Gasteiger partial charge in [-0.05, 0) is 42.8 Å². The number of hydrogen-bond donors (Lipinski definition) is 2. The van der Waals surface area contributed by atoms with Gasteiger partial charge in [-0.3, -0.25) is 20.4 Å². The third kappa shape index (κ3) is 6.71. The molecule has 0 radical (unpaired) electrons. The van der Waals surface area contributed by atoms with Crippen LogP contribution in [0, 0.1) is 6.92 Å². The van der Waals surface area contributed by atoms with Gasteiger partial charge in [0.15, 0.2) is 11.5 Å². The number of hydrogen-bond acceptors (Lipinski definition) is 5. The van der Waals surface area contributed by atoms with Crippen molar-refractivity contribution in [3.63, 3.8) is 0 Å². The molecule has 6 nitrogen and oxygen atoms in total. The highest BCUT2D eigenvalue weighted by molar-refractivity contribution is 8.00. The van der Waals surface area contributed by atoms with E-state index in [0.29, 0.717) is 11.5 Å². The normalized spacial score (nSPS) is 10.5. The standard InChI is InChI=1S/C20H22N2O4S/c1-14-4-8-16(9-5-14)27-13-20(24)22-21-19(23)11-7-15-6-10-17(25-2)18(12-15)26-3/h4-12H,13H2,1-3H3,(H,21,23)(H,22,24). The Morgan fingerprint density at radius 1 is 1.00 bits per heavy atom. The minimum absolute atomic E-state index is 0.211. The summed E-state index contributed by atoms with van der Waals surface area (Å²) in [6, 6.07) is 13.2. The fourth-order valence-electron chi connectivity index (χ4n) is 2.12. The number of carbonyl (C=O) groups excluding carboxylic acids is 2. The number of hydrazine groups is 1. The van der Waals surface area contributed by atoms with Crippen molar-refractivity contribution in [3.8, 4) is 11.5 Å². The Labute approximate surface area is 162 Å². The molecule has 0 unspecified atom stereocenters. The van der Waals surface area contributed by atoms with Crippen molar-refractivity contribution in [1.29, 1.82) is 0 Å². The SMILES string of the molecule is COc1ccc(C=CC(=O)NNC(=O)CSc2ccc(C)cc2)cc1OC. The third-order valence-electron chi connectivity index (χ3n) is 3.55. The number of methoxy groups -OCH3 is 2. The number of ether oxygens (including phenoxy) is 2. The Bertz CT molecular complexity index is 819. The number of benzene rings is 2. The molecule has 0 bridgehead atoms. The molecule has 0 saturated carbocycles. The number of carbonyl (C=O) groups is 2. The van der Waals surface area contributed by atoms with Gasteiger partial charge in [0.2, 0.25) is 5.91 Å². The van der Waals surface area contributed by atoms with E-state index in [9.17, 15) is 9.59 Å². The zero-order valence-corrected chi connectivity index (χ0v) is 16.3. The van der Waals surface area contributed by atoms with E-state index in [1.54, 1.807) is 38.5 Å². The molecule has 0 aliphatic rings. The van der Waals surface area contributed by atoms with Crippen molar-refractivity contribution in [1.82, 2.24) is 10.9 Å². The lowest BCUT2D eigenvalue weighted by atomic mass is 10.2. The van der Waals surface area contributed by atoms with Crippen molar-refractivity contribution in [2.75, 3.05) is 20.0 Å². The second-order valence-corrected chi connectivity index (χ2v) is 6.64. The van der Waals surface area contributed by atoms with Crippen molar-refractivity contribution < 1.29 is 19.1 Å². The summed E-state index contributed by atoms with van der Waals surface area (Å²) in [5.74, 6) is 0.675. The maximum Gasteiger partial charge on any atom is 0.262 e. The minimum atomic E-state index is -0.432. The predicted molar refractivity (Wildman–Crippen MR) is 107 cm³/mol. The number of thioether (sulfide) groups is 1. The topological polar surface area (TPSA) is 76.7 Å². The molecule has 0 aliphatic carbocycles. The Morgan fingerprint density at radius 3 is 2.37 bits per heavy atom. The van der Waals surface area contributed by atoms with E-state index >= 15 is 0 Å². The van der Waals surface area contributed by atoms with E-state index in [2.05, 4.69) is 10.9 Å². The molecule has 0 fully saturated rings. The highest BCUT2D eigenvalue weighted by Crippen LogP contribution is 2.27. The van der Waals surface area contributed by atoms with Gasteiger partial charge in [-0.1, -0.05) is 23.8 Å². The van der Waals surface area contributed by atoms with Crippen LogP contribution in [0.2, 0.25) is 0 Å². The molecule has 2 amide bonds. The summed E-state index contributed by atoms with van der Waals surface area (Å²) in [5, 5.41) is 0. The van der Waals surface area contributed by atoms with Crippen molar-refractivity contribution in [2.45, 2.75) is 11.8 Å². The molecule has 7 heteroatoms. The number of aryl methyl sites for hydroxylation is 1. The Kier molecular flexibility index (Phi) is 7.76. The average molecular weight is 386 g/mol. The summed E-state index contributed by atoms with van der Waals surface area (Å²) in [7, 11) is 3.10. The predicted octanol–water partition coefficient (Wildman–Crippen LogP) is 2.97. The monoisotopic (exact) mass is 386 g/mol. The Morgan fingerprint density at radius 2 is 1.70 bits per heavy atom. The summed E-state index contributed by atoms with van der Waals surface area (Å²) >= 11 is 1.40. The molecular weight excluding hydrogens is 364 g/mol. The van der Waals surface area contributed by atoms with E-state index in [-0.39, 0.29) is 11.7 Å². The molecule has 2 aromatic carbocycles. The lowest BCUT2D eigenvalue weighted by Gasteiger charge is -2.08. The lowest BCUT2D eigenvalue weighted by molar-refractivity contribution is -0.125. The quantitative estimate of drug-likeness (QED) is 0.435. The summed E-state index contributed by atoms with van der Waals surface area (Å²) in [6.07, 6.45) is 2.94.